The maximum absolute atomic E-state index is 6.28. The van der Waals surface area contributed by atoms with Gasteiger partial charge >= 0.3 is 0 Å². The fourth-order valence-electron chi connectivity index (χ4n) is 3.70. The fourth-order valence-corrected chi connectivity index (χ4v) is 4.45. The summed E-state index contributed by atoms with van der Waals surface area (Å²) in [5.41, 5.74) is -0.140. The molecular weight excluding hydrogens is 310 g/mol. The lowest BCUT2D eigenvalue weighted by molar-refractivity contribution is -0.0562. The van der Waals surface area contributed by atoms with Crippen LogP contribution in [0.25, 0.3) is 0 Å². The van der Waals surface area contributed by atoms with Crippen molar-refractivity contribution in [1.29, 1.82) is 0 Å². The number of hydrogen-bond acceptors (Lipinski definition) is 5. The van der Waals surface area contributed by atoms with E-state index in [4.69, 9.17) is 9.47 Å². The van der Waals surface area contributed by atoms with E-state index in [0.29, 0.717) is 12.5 Å². The van der Waals surface area contributed by atoms with Gasteiger partial charge in [-0.25, -0.2) is 4.98 Å². The van der Waals surface area contributed by atoms with Crippen molar-refractivity contribution in [3.63, 3.8) is 0 Å². The summed E-state index contributed by atoms with van der Waals surface area (Å²) in [5, 5.41) is 2.15. The van der Waals surface area contributed by atoms with Gasteiger partial charge in [-0.15, -0.1) is 11.3 Å². The van der Waals surface area contributed by atoms with E-state index >= 15 is 0 Å². The van der Waals surface area contributed by atoms with E-state index in [1.807, 2.05) is 30.1 Å². The molecule has 23 heavy (non-hydrogen) atoms. The molecular formula is C17H23N3O2S. The number of rotatable bonds is 4. The van der Waals surface area contributed by atoms with Crippen LogP contribution in [0.5, 0.6) is 0 Å². The molecule has 0 saturated carbocycles. The normalized spacial score (nSPS) is 29.1. The number of thiophene rings is 1. The van der Waals surface area contributed by atoms with Crippen molar-refractivity contribution in [2.24, 2.45) is 5.92 Å². The van der Waals surface area contributed by atoms with E-state index in [-0.39, 0.29) is 5.60 Å². The van der Waals surface area contributed by atoms with Gasteiger partial charge in [0.15, 0.2) is 0 Å². The van der Waals surface area contributed by atoms with E-state index < -0.39 is 0 Å². The predicted octanol–water partition coefficient (Wildman–Crippen LogP) is 2.25. The fraction of sp³-hybridized carbons (Fsp3) is 0.588. The first-order valence-corrected chi connectivity index (χ1v) is 9.11. The second-order valence-corrected chi connectivity index (χ2v) is 7.70. The molecule has 0 radical (unpaired) electrons. The molecule has 0 unspecified atom stereocenters. The monoisotopic (exact) mass is 333 g/mol. The highest BCUT2D eigenvalue weighted by Crippen LogP contribution is 2.34. The van der Waals surface area contributed by atoms with Gasteiger partial charge in [-0.3, -0.25) is 4.90 Å². The van der Waals surface area contributed by atoms with E-state index in [1.165, 1.54) is 4.88 Å². The molecule has 2 aliphatic heterocycles. The molecule has 2 aliphatic rings. The number of nitrogens with zero attached hydrogens (tertiary/aromatic N) is 3. The van der Waals surface area contributed by atoms with Gasteiger partial charge in [-0.1, -0.05) is 6.07 Å². The van der Waals surface area contributed by atoms with Crippen molar-refractivity contribution >= 4 is 11.3 Å². The van der Waals surface area contributed by atoms with Gasteiger partial charge in [0, 0.05) is 49.4 Å². The lowest BCUT2D eigenvalue weighted by Gasteiger charge is -2.31. The average molecular weight is 333 g/mol. The summed E-state index contributed by atoms with van der Waals surface area (Å²) in [5.74, 6) is 0.537. The Bertz CT molecular complexity index is 601. The third-order valence-corrected chi connectivity index (χ3v) is 5.56. The van der Waals surface area contributed by atoms with Gasteiger partial charge in [-0.05, 0) is 17.9 Å². The quantitative estimate of drug-likeness (QED) is 0.860. The maximum Gasteiger partial charge on any atom is 0.104 e. The third kappa shape index (κ3) is 3.66. The summed E-state index contributed by atoms with van der Waals surface area (Å²) in [4.78, 5) is 8.02. The highest BCUT2D eigenvalue weighted by molar-refractivity contribution is 7.09. The maximum atomic E-state index is 6.28. The Labute approximate surface area is 140 Å². The Hall–Kier alpha value is -1.21. The molecule has 2 atom stereocenters. The molecule has 0 aromatic carbocycles. The molecule has 0 bridgehead atoms. The molecule has 1 spiro atoms. The van der Waals surface area contributed by atoms with Crippen LogP contribution < -0.4 is 0 Å². The summed E-state index contributed by atoms with van der Waals surface area (Å²) in [6.45, 7) is 6.25. The predicted molar refractivity (Wildman–Crippen MR) is 89.4 cm³/mol. The van der Waals surface area contributed by atoms with Gasteiger partial charge < -0.3 is 14.0 Å². The second kappa shape index (κ2) is 6.73. The highest BCUT2D eigenvalue weighted by Gasteiger charge is 2.43. The zero-order chi connectivity index (χ0) is 15.5. The third-order valence-electron chi connectivity index (χ3n) is 4.70. The Balaban J connectivity index is 1.40. The standard InChI is InChI=1S/C17H23N3O2S/c1-2-16(23-7-1)10-19-5-6-21-13-17(12-19)8-15(11-22-17)9-20-4-3-18-14-20/h1-4,7,14-15H,5-6,8-13H2/t15-,17-/m0/s1. The number of aromatic nitrogens is 2. The van der Waals surface area contributed by atoms with Crippen LogP contribution in [0.15, 0.2) is 36.2 Å². The van der Waals surface area contributed by atoms with Crippen LogP contribution in [0.1, 0.15) is 11.3 Å². The highest BCUT2D eigenvalue weighted by atomic mass is 32.1. The number of ether oxygens (including phenoxy) is 2. The molecule has 2 aromatic heterocycles. The minimum atomic E-state index is -0.140. The van der Waals surface area contributed by atoms with Crippen molar-refractivity contribution in [3.8, 4) is 0 Å². The molecule has 6 heteroatoms. The minimum Gasteiger partial charge on any atom is -0.377 e. The van der Waals surface area contributed by atoms with Gasteiger partial charge in [-0.2, -0.15) is 0 Å². The van der Waals surface area contributed by atoms with E-state index in [0.717, 1.165) is 45.8 Å². The van der Waals surface area contributed by atoms with Crippen LogP contribution in [-0.4, -0.2) is 53.0 Å². The van der Waals surface area contributed by atoms with Crippen molar-refractivity contribution in [2.45, 2.75) is 25.1 Å². The van der Waals surface area contributed by atoms with Crippen LogP contribution >= 0.6 is 11.3 Å². The molecule has 5 nitrogen and oxygen atoms in total. The van der Waals surface area contributed by atoms with Crippen LogP contribution in [0, 0.1) is 5.92 Å². The Kier molecular flexibility index (Phi) is 4.48. The molecule has 2 fully saturated rings. The summed E-state index contributed by atoms with van der Waals surface area (Å²) in [7, 11) is 0. The van der Waals surface area contributed by atoms with E-state index in [2.05, 4.69) is 32.0 Å². The van der Waals surface area contributed by atoms with Crippen LogP contribution in [0.3, 0.4) is 0 Å². The average Bonchev–Trinajstić information content (AvgIpc) is 3.25. The molecule has 2 aromatic rings. The molecule has 0 amide bonds. The van der Waals surface area contributed by atoms with Crippen molar-refractivity contribution in [3.05, 3.63) is 41.1 Å². The summed E-state index contributed by atoms with van der Waals surface area (Å²) < 4.78 is 14.3. The molecule has 2 saturated heterocycles. The van der Waals surface area contributed by atoms with E-state index in [9.17, 15) is 0 Å². The molecule has 4 rings (SSSR count). The Morgan fingerprint density at radius 1 is 1.43 bits per heavy atom. The van der Waals surface area contributed by atoms with Gasteiger partial charge in [0.1, 0.15) is 5.60 Å². The Morgan fingerprint density at radius 2 is 2.43 bits per heavy atom. The molecule has 124 valence electrons. The van der Waals surface area contributed by atoms with Crippen LogP contribution in [0.2, 0.25) is 0 Å². The Morgan fingerprint density at radius 3 is 3.26 bits per heavy atom. The zero-order valence-electron chi connectivity index (χ0n) is 13.3. The first-order valence-electron chi connectivity index (χ1n) is 8.24. The summed E-state index contributed by atoms with van der Waals surface area (Å²) >= 11 is 1.82. The lowest BCUT2D eigenvalue weighted by atomic mass is 9.94. The molecule has 0 aliphatic carbocycles. The van der Waals surface area contributed by atoms with E-state index in [1.54, 1.807) is 0 Å². The topological polar surface area (TPSA) is 39.5 Å². The summed E-state index contributed by atoms with van der Waals surface area (Å²) in [6.07, 6.45) is 6.81. The molecule has 0 N–H and O–H groups in total. The van der Waals surface area contributed by atoms with Crippen LogP contribution in [0.4, 0.5) is 0 Å². The SMILES string of the molecule is c1csc(CN2CCOC[C@]3(C[C@@H](Cn4ccnc4)CO3)C2)c1. The number of hydrogen-bond donors (Lipinski definition) is 0. The number of imidazole rings is 1. The smallest absolute Gasteiger partial charge is 0.104 e. The van der Waals surface area contributed by atoms with Gasteiger partial charge in [0.25, 0.3) is 0 Å². The zero-order valence-corrected chi connectivity index (χ0v) is 14.1. The first kappa shape index (κ1) is 15.3. The van der Waals surface area contributed by atoms with Crippen molar-refractivity contribution in [1.82, 2.24) is 14.5 Å². The largest absolute Gasteiger partial charge is 0.377 e. The van der Waals surface area contributed by atoms with Gasteiger partial charge in [0.05, 0.1) is 26.1 Å². The minimum absolute atomic E-state index is 0.140. The second-order valence-electron chi connectivity index (χ2n) is 6.67. The first-order chi connectivity index (χ1) is 11.3. The van der Waals surface area contributed by atoms with Gasteiger partial charge in [0.2, 0.25) is 0 Å². The van der Waals surface area contributed by atoms with Crippen molar-refractivity contribution in [2.75, 3.05) is 32.9 Å². The van der Waals surface area contributed by atoms with Crippen molar-refractivity contribution < 1.29 is 9.47 Å². The lowest BCUT2D eigenvalue weighted by Crippen LogP contribution is -2.43. The van der Waals surface area contributed by atoms with Crippen LogP contribution in [-0.2, 0) is 22.6 Å². The summed E-state index contributed by atoms with van der Waals surface area (Å²) in [6, 6.07) is 4.33. The molecule has 4 heterocycles.